The van der Waals surface area contributed by atoms with Crippen LogP contribution in [0.25, 0.3) is 0 Å². The first kappa shape index (κ1) is 21.6. The van der Waals surface area contributed by atoms with E-state index in [4.69, 9.17) is 15.3 Å². The predicted molar refractivity (Wildman–Crippen MR) is 85.4 cm³/mol. The maximum Gasteiger partial charge on any atom is 0.234 e. The molecule has 2 unspecified atom stereocenters. The molecular weight excluding hydrogens is 300 g/mol. The van der Waals surface area contributed by atoms with Crippen LogP contribution in [0.15, 0.2) is 9.98 Å². The second kappa shape index (κ2) is 13.1. The molecular formula is C16H28N2O5. The van der Waals surface area contributed by atoms with Crippen LogP contribution in [0.4, 0.5) is 0 Å². The Balaban J connectivity index is 0.000000468. The van der Waals surface area contributed by atoms with Gasteiger partial charge in [0.05, 0.1) is 32.9 Å². The first-order chi connectivity index (χ1) is 11.1. The summed E-state index contributed by atoms with van der Waals surface area (Å²) in [6.45, 7) is 2.50. The van der Waals surface area contributed by atoms with Gasteiger partial charge in [0, 0.05) is 5.41 Å². The van der Waals surface area contributed by atoms with Gasteiger partial charge >= 0.3 is 0 Å². The van der Waals surface area contributed by atoms with E-state index in [1.54, 1.807) is 12.2 Å². The number of aliphatic hydroxyl groups is 3. The van der Waals surface area contributed by atoms with E-state index in [0.717, 1.165) is 25.7 Å². The summed E-state index contributed by atoms with van der Waals surface area (Å²) in [5, 5.41) is 26.0. The molecule has 0 aromatic rings. The first-order valence-corrected chi connectivity index (χ1v) is 8.01. The second-order valence-electron chi connectivity index (χ2n) is 6.09. The fourth-order valence-corrected chi connectivity index (χ4v) is 2.55. The molecule has 3 N–H and O–H groups in total. The Labute approximate surface area is 137 Å². The van der Waals surface area contributed by atoms with Crippen LogP contribution in [-0.2, 0) is 9.59 Å². The fraction of sp³-hybridized carbons (Fsp3) is 0.875. The van der Waals surface area contributed by atoms with Crippen LogP contribution in [-0.4, -0.2) is 60.4 Å². The van der Waals surface area contributed by atoms with E-state index in [1.807, 2.05) is 6.92 Å². The summed E-state index contributed by atoms with van der Waals surface area (Å²) in [4.78, 5) is 27.1. The number of isocyanates is 2. The highest BCUT2D eigenvalue weighted by Gasteiger charge is 2.25. The van der Waals surface area contributed by atoms with E-state index in [1.165, 1.54) is 0 Å². The SMILES string of the molecule is CCC(CO)(CO)CO.O=C=NCC1CCCC(CN=C=O)C1. The normalized spacial score (nSPS) is 20.5. The minimum absolute atomic E-state index is 0.156. The minimum atomic E-state index is -0.667. The lowest BCUT2D eigenvalue weighted by Crippen LogP contribution is -2.32. The summed E-state index contributed by atoms with van der Waals surface area (Å²) in [5.74, 6) is 0.939. The number of rotatable bonds is 8. The summed E-state index contributed by atoms with van der Waals surface area (Å²) in [7, 11) is 0. The van der Waals surface area contributed by atoms with Gasteiger partial charge in [-0.25, -0.2) is 19.6 Å². The monoisotopic (exact) mass is 328 g/mol. The van der Waals surface area contributed by atoms with Gasteiger partial charge in [-0.3, -0.25) is 0 Å². The molecule has 0 spiro atoms. The van der Waals surface area contributed by atoms with Crippen molar-refractivity contribution in [3.8, 4) is 0 Å². The van der Waals surface area contributed by atoms with Gasteiger partial charge in [0.2, 0.25) is 12.2 Å². The molecule has 1 aliphatic carbocycles. The molecule has 0 amide bonds. The van der Waals surface area contributed by atoms with Crippen molar-refractivity contribution in [1.29, 1.82) is 0 Å². The summed E-state index contributed by atoms with van der Waals surface area (Å²) in [5.41, 5.74) is -0.667. The van der Waals surface area contributed by atoms with Gasteiger partial charge in [-0.05, 0) is 37.5 Å². The topological polar surface area (TPSA) is 120 Å². The van der Waals surface area contributed by atoms with Crippen molar-refractivity contribution in [3.05, 3.63) is 0 Å². The number of nitrogens with zero attached hydrogens (tertiary/aromatic N) is 2. The molecule has 1 rings (SSSR count). The number of aliphatic imine (C=N–C) groups is 2. The molecule has 1 aliphatic rings. The lowest BCUT2D eigenvalue weighted by atomic mass is 9.81. The van der Waals surface area contributed by atoms with Crippen LogP contribution in [0.2, 0.25) is 0 Å². The Kier molecular flexibility index (Phi) is 12.3. The van der Waals surface area contributed by atoms with E-state index < -0.39 is 5.41 Å². The first-order valence-electron chi connectivity index (χ1n) is 8.01. The predicted octanol–water partition coefficient (Wildman–Crippen LogP) is 0.824. The standard InChI is InChI=1S/C10H14N2O2.C6H14O3/c13-7-11-5-9-2-1-3-10(4-9)6-12-8-14;1-2-6(3-7,4-8)5-9/h9-10H,1-6H2;7-9H,2-5H2,1H3. The van der Waals surface area contributed by atoms with Gasteiger partial charge in [0.25, 0.3) is 0 Å². The van der Waals surface area contributed by atoms with Crippen molar-refractivity contribution in [2.45, 2.75) is 39.0 Å². The number of hydrogen-bond donors (Lipinski definition) is 3. The third-order valence-electron chi connectivity index (χ3n) is 4.48. The van der Waals surface area contributed by atoms with Gasteiger partial charge in [0.1, 0.15) is 0 Å². The van der Waals surface area contributed by atoms with Gasteiger partial charge in [0.15, 0.2) is 0 Å². The maximum atomic E-state index is 9.94. The molecule has 23 heavy (non-hydrogen) atoms. The van der Waals surface area contributed by atoms with Crippen LogP contribution in [0, 0.1) is 17.3 Å². The van der Waals surface area contributed by atoms with E-state index >= 15 is 0 Å². The van der Waals surface area contributed by atoms with Crippen LogP contribution in [0.1, 0.15) is 39.0 Å². The molecule has 7 nitrogen and oxygen atoms in total. The highest BCUT2D eigenvalue weighted by atomic mass is 16.3. The van der Waals surface area contributed by atoms with Gasteiger partial charge in [-0.15, -0.1) is 0 Å². The van der Waals surface area contributed by atoms with Crippen molar-refractivity contribution < 1.29 is 24.9 Å². The van der Waals surface area contributed by atoms with Crippen LogP contribution >= 0.6 is 0 Å². The molecule has 0 saturated heterocycles. The molecule has 1 fully saturated rings. The number of carbonyl (C=O) groups excluding carboxylic acids is 2. The summed E-state index contributed by atoms with van der Waals surface area (Å²) in [6, 6.07) is 0. The molecule has 2 atom stereocenters. The van der Waals surface area contributed by atoms with E-state index in [9.17, 15) is 9.59 Å². The largest absolute Gasteiger partial charge is 0.396 e. The van der Waals surface area contributed by atoms with E-state index in [-0.39, 0.29) is 19.8 Å². The third kappa shape index (κ3) is 8.74. The Bertz CT molecular complexity index is 356. The van der Waals surface area contributed by atoms with Crippen molar-refractivity contribution in [3.63, 3.8) is 0 Å². The van der Waals surface area contributed by atoms with Crippen molar-refractivity contribution >= 4 is 12.2 Å². The lowest BCUT2D eigenvalue weighted by molar-refractivity contribution is 0.00304. The summed E-state index contributed by atoms with van der Waals surface area (Å²) in [6.07, 6.45) is 8.10. The summed E-state index contributed by atoms with van der Waals surface area (Å²) >= 11 is 0. The lowest BCUT2D eigenvalue weighted by Gasteiger charge is -2.26. The average Bonchev–Trinajstić information content (AvgIpc) is 2.61. The van der Waals surface area contributed by atoms with Crippen molar-refractivity contribution in [1.82, 2.24) is 0 Å². The van der Waals surface area contributed by atoms with E-state index in [2.05, 4.69) is 9.98 Å². The molecule has 132 valence electrons. The Morgan fingerprint density at radius 3 is 1.65 bits per heavy atom. The summed E-state index contributed by atoms with van der Waals surface area (Å²) < 4.78 is 0. The Morgan fingerprint density at radius 1 is 0.957 bits per heavy atom. The van der Waals surface area contributed by atoms with Crippen molar-refractivity contribution in [2.24, 2.45) is 27.2 Å². The van der Waals surface area contributed by atoms with Gasteiger partial charge in [-0.2, -0.15) is 0 Å². The maximum absolute atomic E-state index is 9.94. The zero-order chi connectivity index (χ0) is 17.6. The van der Waals surface area contributed by atoms with Gasteiger partial charge < -0.3 is 15.3 Å². The molecule has 1 saturated carbocycles. The van der Waals surface area contributed by atoms with E-state index in [0.29, 0.717) is 31.3 Å². The Morgan fingerprint density at radius 2 is 1.39 bits per heavy atom. The molecule has 0 heterocycles. The fourth-order valence-electron chi connectivity index (χ4n) is 2.55. The molecule has 0 aromatic carbocycles. The number of hydrogen-bond acceptors (Lipinski definition) is 7. The van der Waals surface area contributed by atoms with Crippen LogP contribution in [0.5, 0.6) is 0 Å². The zero-order valence-electron chi connectivity index (χ0n) is 13.8. The van der Waals surface area contributed by atoms with Crippen molar-refractivity contribution in [2.75, 3.05) is 32.9 Å². The molecule has 7 heteroatoms. The zero-order valence-corrected chi connectivity index (χ0v) is 13.8. The number of aliphatic hydroxyl groups excluding tert-OH is 3. The average molecular weight is 328 g/mol. The molecule has 0 bridgehead atoms. The smallest absolute Gasteiger partial charge is 0.234 e. The highest BCUT2D eigenvalue weighted by molar-refractivity contribution is 5.33. The third-order valence-corrected chi connectivity index (χ3v) is 4.48. The minimum Gasteiger partial charge on any atom is -0.396 e. The Hall–Kier alpha value is -1.36. The quantitative estimate of drug-likeness (QED) is 0.450. The highest BCUT2D eigenvalue weighted by Crippen LogP contribution is 2.29. The molecule has 0 radical (unpaired) electrons. The second-order valence-corrected chi connectivity index (χ2v) is 6.09. The van der Waals surface area contributed by atoms with Crippen LogP contribution in [0.3, 0.4) is 0 Å². The van der Waals surface area contributed by atoms with Crippen LogP contribution < -0.4 is 0 Å². The molecule has 0 aliphatic heterocycles. The molecule has 0 aromatic heterocycles. The van der Waals surface area contributed by atoms with Gasteiger partial charge in [-0.1, -0.05) is 13.3 Å².